The SMILES string of the molecule is COC1=CC=C[C@@H](c2ccco2)[C@@](O)(C#C[Si](C)(C)C)C1. The summed E-state index contributed by atoms with van der Waals surface area (Å²) >= 11 is 0. The Balaban J connectivity index is 2.44. The van der Waals surface area contributed by atoms with Gasteiger partial charge in [0.1, 0.15) is 19.4 Å². The summed E-state index contributed by atoms with van der Waals surface area (Å²) in [5.74, 6) is 4.24. The van der Waals surface area contributed by atoms with E-state index in [2.05, 4.69) is 31.1 Å². The molecular formula is C17H22O3Si. The number of aliphatic hydroxyl groups is 1. The molecule has 0 amide bonds. The number of rotatable bonds is 2. The van der Waals surface area contributed by atoms with Crippen LogP contribution in [-0.2, 0) is 4.74 Å². The van der Waals surface area contributed by atoms with Gasteiger partial charge in [-0.15, -0.1) is 5.54 Å². The second-order valence-corrected chi connectivity index (χ2v) is 11.1. The van der Waals surface area contributed by atoms with E-state index < -0.39 is 13.7 Å². The van der Waals surface area contributed by atoms with Crippen LogP contribution in [0.5, 0.6) is 0 Å². The van der Waals surface area contributed by atoms with Gasteiger partial charge in [0.05, 0.1) is 25.1 Å². The molecule has 21 heavy (non-hydrogen) atoms. The quantitative estimate of drug-likeness (QED) is 0.672. The van der Waals surface area contributed by atoms with Gasteiger partial charge in [-0.05, 0) is 18.2 Å². The van der Waals surface area contributed by atoms with Gasteiger partial charge in [0.2, 0.25) is 0 Å². The minimum atomic E-state index is -1.59. The van der Waals surface area contributed by atoms with Gasteiger partial charge in [-0.1, -0.05) is 37.7 Å². The lowest BCUT2D eigenvalue weighted by atomic mass is 9.83. The highest BCUT2D eigenvalue weighted by molar-refractivity contribution is 6.83. The lowest BCUT2D eigenvalue weighted by molar-refractivity contribution is 0.0645. The molecule has 112 valence electrons. The summed E-state index contributed by atoms with van der Waals surface area (Å²) in [6, 6.07) is 3.69. The zero-order valence-electron chi connectivity index (χ0n) is 13.0. The molecule has 1 heterocycles. The van der Waals surface area contributed by atoms with Crippen LogP contribution in [-0.4, -0.2) is 25.9 Å². The second-order valence-electron chi connectivity index (χ2n) is 6.32. The molecule has 1 aromatic heterocycles. The molecule has 0 saturated heterocycles. The maximum atomic E-state index is 11.2. The van der Waals surface area contributed by atoms with Crippen molar-refractivity contribution in [3.8, 4) is 11.5 Å². The smallest absolute Gasteiger partial charge is 0.145 e. The number of hydrogen-bond donors (Lipinski definition) is 1. The van der Waals surface area contributed by atoms with Crippen molar-refractivity contribution in [3.63, 3.8) is 0 Å². The van der Waals surface area contributed by atoms with Gasteiger partial charge in [-0.2, -0.15) is 0 Å². The first-order valence-electron chi connectivity index (χ1n) is 7.05. The van der Waals surface area contributed by atoms with Gasteiger partial charge in [0.25, 0.3) is 0 Å². The van der Waals surface area contributed by atoms with E-state index in [0.717, 1.165) is 0 Å². The van der Waals surface area contributed by atoms with Gasteiger partial charge >= 0.3 is 0 Å². The first-order chi connectivity index (χ1) is 9.84. The van der Waals surface area contributed by atoms with Crippen molar-refractivity contribution in [2.24, 2.45) is 0 Å². The summed E-state index contributed by atoms with van der Waals surface area (Å²) in [6.45, 7) is 6.47. The fourth-order valence-electron chi connectivity index (χ4n) is 2.22. The minimum Gasteiger partial charge on any atom is -0.501 e. The van der Waals surface area contributed by atoms with Crippen molar-refractivity contribution in [3.05, 3.63) is 48.1 Å². The summed E-state index contributed by atoms with van der Waals surface area (Å²) < 4.78 is 10.8. The van der Waals surface area contributed by atoms with Gasteiger partial charge in [-0.3, -0.25) is 0 Å². The minimum absolute atomic E-state index is 0.305. The van der Waals surface area contributed by atoms with Gasteiger partial charge in [-0.25, -0.2) is 0 Å². The Morgan fingerprint density at radius 2 is 2.19 bits per heavy atom. The van der Waals surface area contributed by atoms with Crippen LogP contribution in [0, 0.1) is 11.5 Å². The van der Waals surface area contributed by atoms with Crippen molar-refractivity contribution < 1.29 is 14.3 Å². The summed E-state index contributed by atoms with van der Waals surface area (Å²) in [5, 5.41) is 11.2. The molecule has 3 nitrogen and oxygen atoms in total. The standard InChI is InChI=1S/C17H22O3Si/c1-19-14-7-5-8-15(16-9-6-11-20-16)17(18,13-14)10-12-21(2,3)4/h5-9,11,15,18H,13H2,1-4H3/t15-,17+/m0/s1. The third kappa shape index (κ3) is 3.90. The fraction of sp³-hybridized carbons (Fsp3) is 0.412. The lowest BCUT2D eigenvalue weighted by Crippen LogP contribution is -2.35. The molecule has 0 spiro atoms. The van der Waals surface area contributed by atoms with Gasteiger partial charge in [0, 0.05) is 6.42 Å². The van der Waals surface area contributed by atoms with E-state index in [1.54, 1.807) is 13.4 Å². The van der Waals surface area contributed by atoms with Crippen LogP contribution in [0.3, 0.4) is 0 Å². The third-order valence-electron chi connectivity index (χ3n) is 3.31. The fourth-order valence-corrected chi connectivity index (χ4v) is 2.82. The summed E-state index contributed by atoms with van der Waals surface area (Å²) in [7, 11) is 0.0230. The molecule has 4 heteroatoms. The molecule has 2 rings (SSSR count). The number of furan rings is 1. The maximum Gasteiger partial charge on any atom is 0.145 e. The molecule has 1 aromatic rings. The molecule has 2 atom stereocenters. The number of allylic oxidation sites excluding steroid dienone is 2. The van der Waals surface area contributed by atoms with Crippen LogP contribution in [0.4, 0.5) is 0 Å². The van der Waals surface area contributed by atoms with Crippen molar-refractivity contribution in [1.82, 2.24) is 0 Å². The monoisotopic (exact) mass is 302 g/mol. The number of hydrogen-bond acceptors (Lipinski definition) is 3. The normalized spacial score (nSPS) is 25.6. The predicted octanol–water partition coefficient (Wildman–Crippen LogP) is 3.47. The van der Waals surface area contributed by atoms with E-state index in [9.17, 15) is 5.11 Å². The van der Waals surface area contributed by atoms with Crippen molar-refractivity contribution in [1.29, 1.82) is 0 Å². The van der Waals surface area contributed by atoms with Crippen LogP contribution < -0.4 is 0 Å². The van der Waals surface area contributed by atoms with Crippen LogP contribution >= 0.6 is 0 Å². The average molecular weight is 302 g/mol. The van der Waals surface area contributed by atoms with E-state index in [1.807, 2.05) is 30.4 Å². The van der Waals surface area contributed by atoms with Gasteiger partial charge < -0.3 is 14.3 Å². The Bertz CT molecular complexity index is 596. The molecule has 0 radical (unpaired) electrons. The summed E-state index contributed by atoms with van der Waals surface area (Å²) in [6.07, 6.45) is 7.64. The molecule has 1 N–H and O–H groups in total. The lowest BCUT2D eigenvalue weighted by Gasteiger charge is -2.28. The van der Waals surface area contributed by atoms with Crippen molar-refractivity contribution in [2.45, 2.75) is 37.6 Å². The Hall–Kier alpha value is -1.70. The van der Waals surface area contributed by atoms with Crippen LogP contribution in [0.25, 0.3) is 0 Å². The molecule has 0 unspecified atom stereocenters. The predicted molar refractivity (Wildman–Crippen MR) is 86.4 cm³/mol. The maximum absolute atomic E-state index is 11.2. The molecule has 0 aliphatic heterocycles. The number of methoxy groups -OCH3 is 1. The first-order valence-corrected chi connectivity index (χ1v) is 10.6. The third-order valence-corrected chi connectivity index (χ3v) is 4.18. The Kier molecular flexibility index (Phi) is 4.45. The van der Waals surface area contributed by atoms with E-state index in [1.165, 1.54) is 0 Å². The Labute approximate surface area is 127 Å². The molecule has 0 fully saturated rings. The van der Waals surface area contributed by atoms with Crippen molar-refractivity contribution in [2.75, 3.05) is 7.11 Å². The summed E-state index contributed by atoms with van der Waals surface area (Å²) in [5.41, 5.74) is 2.06. The highest BCUT2D eigenvalue weighted by Crippen LogP contribution is 2.37. The first kappa shape index (κ1) is 15.7. The Morgan fingerprint density at radius 3 is 2.76 bits per heavy atom. The number of ether oxygens (including phenoxy) is 1. The van der Waals surface area contributed by atoms with Gasteiger partial charge in [0.15, 0.2) is 0 Å². The molecule has 0 saturated carbocycles. The van der Waals surface area contributed by atoms with E-state index in [-0.39, 0.29) is 5.92 Å². The van der Waals surface area contributed by atoms with Crippen LogP contribution in [0.2, 0.25) is 19.6 Å². The van der Waals surface area contributed by atoms with E-state index in [0.29, 0.717) is 17.9 Å². The molecular weight excluding hydrogens is 280 g/mol. The molecule has 1 aliphatic carbocycles. The molecule has 0 aromatic carbocycles. The molecule has 1 aliphatic rings. The van der Waals surface area contributed by atoms with E-state index in [4.69, 9.17) is 9.15 Å². The zero-order valence-corrected chi connectivity index (χ0v) is 14.0. The highest BCUT2D eigenvalue weighted by atomic mass is 28.3. The van der Waals surface area contributed by atoms with Crippen molar-refractivity contribution >= 4 is 8.07 Å². The van der Waals surface area contributed by atoms with E-state index >= 15 is 0 Å². The average Bonchev–Trinajstić information content (AvgIpc) is 2.87. The van der Waals surface area contributed by atoms with Crippen LogP contribution in [0.15, 0.2) is 46.8 Å². The Morgan fingerprint density at radius 1 is 1.43 bits per heavy atom. The highest BCUT2D eigenvalue weighted by Gasteiger charge is 2.39. The topological polar surface area (TPSA) is 42.6 Å². The van der Waals surface area contributed by atoms with Crippen LogP contribution in [0.1, 0.15) is 18.1 Å². The zero-order chi connectivity index (χ0) is 15.5. The second kappa shape index (κ2) is 5.96. The summed E-state index contributed by atoms with van der Waals surface area (Å²) in [4.78, 5) is 0. The largest absolute Gasteiger partial charge is 0.501 e. The molecule has 0 bridgehead atoms.